The maximum atomic E-state index is 8.56. The van der Waals surface area contributed by atoms with Crippen molar-refractivity contribution >= 4 is 22.0 Å². The normalized spacial score (nSPS) is 9.33. The van der Waals surface area contributed by atoms with Crippen molar-refractivity contribution < 1.29 is 15.0 Å². The van der Waals surface area contributed by atoms with Crippen LogP contribution in [0.25, 0.3) is 0 Å². The Morgan fingerprint density at radius 1 is 0.667 bits per heavy atom. The summed E-state index contributed by atoms with van der Waals surface area (Å²) in [5.74, 6) is 0. The van der Waals surface area contributed by atoms with Gasteiger partial charge in [0, 0.05) is 0 Å². The van der Waals surface area contributed by atoms with E-state index in [-0.39, 0.29) is 0 Å². The first-order valence-corrected chi connectivity index (χ1v) is 10.6. The summed E-state index contributed by atoms with van der Waals surface area (Å²) in [6, 6.07) is 0. The summed E-state index contributed by atoms with van der Waals surface area (Å²) >= 11 is 0. The highest BCUT2D eigenvalue weighted by atomic mass is 31.1. The van der Waals surface area contributed by atoms with Gasteiger partial charge in [-0.1, -0.05) is 41.5 Å². The average molecular weight is 298 g/mol. The zero-order chi connectivity index (χ0) is 15.0. The summed E-state index contributed by atoms with van der Waals surface area (Å²) in [6.45, 7) is 13.7. The molecule has 0 atom stereocenters. The Bertz CT molecular complexity index is 131. The molecule has 3 nitrogen and oxygen atoms in total. The third kappa shape index (κ3) is 25.1. The fraction of sp³-hybridized carbons (Fsp3) is 0.923. The average Bonchev–Trinajstić information content (AvgIpc) is 2.34. The number of carboxylic acid groups (broad SMARTS) is 2. The smallest absolute Gasteiger partial charge is 0.450 e. The van der Waals surface area contributed by atoms with E-state index in [4.69, 9.17) is 15.0 Å². The lowest BCUT2D eigenvalue weighted by Crippen LogP contribution is -1.83. The second-order valence-corrected chi connectivity index (χ2v) is 10.00. The van der Waals surface area contributed by atoms with E-state index >= 15 is 0 Å². The lowest BCUT2D eigenvalue weighted by molar-refractivity contribution is 0.137. The monoisotopic (exact) mass is 298 g/mol. The van der Waals surface area contributed by atoms with Crippen molar-refractivity contribution in [3.05, 3.63) is 0 Å². The molecule has 0 aliphatic carbocycles. The Hall–Kier alpha value is 0.130. The summed E-state index contributed by atoms with van der Waals surface area (Å²) in [5.41, 5.74) is 0. The molecule has 112 valence electrons. The molecule has 0 spiro atoms. The molecule has 0 aliphatic heterocycles. The Kier molecular flexibility index (Phi) is 25.1. The molecule has 0 aromatic heterocycles. The molecular weight excluding hydrogens is 266 g/mol. The Balaban J connectivity index is -0.000000196. The predicted octanol–water partition coefficient (Wildman–Crippen LogP) is 5.28. The molecule has 5 heteroatoms. The Labute approximate surface area is 116 Å². The molecule has 0 rings (SSSR count). The van der Waals surface area contributed by atoms with E-state index in [2.05, 4.69) is 41.5 Å². The molecule has 0 amide bonds. The number of rotatable bonds is 6. The number of hydrogen-bond donors (Lipinski definition) is 2. The summed E-state index contributed by atoms with van der Waals surface area (Å²) in [4.78, 5) is 8.56. The van der Waals surface area contributed by atoms with Crippen molar-refractivity contribution in [3.63, 3.8) is 0 Å². The molecule has 18 heavy (non-hydrogen) atoms. The van der Waals surface area contributed by atoms with Gasteiger partial charge in [0.25, 0.3) is 0 Å². The van der Waals surface area contributed by atoms with Gasteiger partial charge in [0.15, 0.2) is 0 Å². The zero-order valence-corrected chi connectivity index (χ0v) is 14.7. The van der Waals surface area contributed by atoms with E-state index in [1.54, 1.807) is 0 Å². The summed E-state index contributed by atoms with van der Waals surface area (Å²) in [6.07, 6.45) is 6.68. The van der Waals surface area contributed by atoms with Crippen molar-refractivity contribution in [2.45, 2.75) is 41.5 Å². The molecule has 2 N–H and O–H groups in total. The van der Waals surface area contributed by atoms with Gasteiger partial charge in [-0.15, -0.1) is 15.8 Å². The molecule has 0 saturated heterocycles. The van der Waals surface area contributed by atoms with Crippen LogP contribution >= 0.6 is 15.8 Å². The van der Waals surface area contributed by atoms with Gasteiger partial charge in [-0.2, -0.15) is 0 Å². The van der Waals surface area contributed by atoms with Gasteiger partial charge in [-0.3, -0.25) is 0 Å². The van der Waals surface area contributed by atoms with Gasteiger partial charge in [-0.25, -0.2) is 4.79 Å². The molecule has 0 bridgehead atoms. The maximum absolute atomic E-state index is 8.56. The zero-order valence-electron chi connectivity index (χ0n) is 12.9. The van der Waals surface area contributed by atoms with E-state index < -0.39 is 6.16 Å². The van der Waals surface area contributed by atoms with Crippen LogP contribution in [0, 0.1) is 0 Å². The van der Waals surface area contributed by atoms with Crippen molar-refractivity contribution in [1.29, 1.82) is 0 Å². The van der Waals surface area contributed by atoms with Crippen LogP contribution in [-0.4, -0.2) is 53.3 Å². The molecular formula is C13H32O3P2. The fourth-order valence-electron chi connectivity index (χ4n) is 1.34. The molecule has 0 aliphatic rings. The van der Waals surface area contributed by atoms with Crippen LogP contribution in [0.5, 0.6) is 0 Å². The minimum atomic E-state index is -1.83. The molecule has 0 unspecified atom stereocenters. The van der Waals surface area contributed by atoms with Gasteiger partial charge < -0.3 is 10.2 Å². The lowest BCUT2D eigenvalue weighted by Gasteiger charge is -2.07. The van der Waals surface area contributed by atoms with Gasteiger partial charge in [-0.05, 0) is 37.0 Å². The van der Waals surface area contributed by atoms with Crippen LogP contribution < -0.4 is 0 Å². The second-order valence-electron chi connectivity index (χ2n) is 3.52. The number of hydrogen-bond acceptors (Lipinski definition) is 1. The van der Waals surface area contributed by atoms with Crippen LogP contribution in [0.2, 0.25) is 0 Å². The van der Waals surface area contributed by atoms with Crippen molar-refractivity contribution in [2.75, 3.05) is 37.0 Å². The minimum absolute atomic E-state index is 0.446. The maximum Gasteiger partial charge on any atom is 0.503 e. The minimum Gasteiger partial charge on any atom is -0.450 e. The Morgan fingerprint density at radius 2 is 0.778 bits per heavy atom. The standard InChI is InChI=1S/2C6H15P.CH2O3/c2*1-4-7(5-2)6-3;2-1(3)4/h2*4-6H2,1-3H3;(H2,2,3,4). The van der Waals surface area contributed by atoms with Crippen molar-refractivity contribution in [3.8, 4) is 0 Å². The Morgan fingerprint density at radius 3 is 0.778 bits per heavy atom. The quantitative estimate of drug-likeness (QED) is 0.656. The fourth-order valence-corrected chi connectivity index (χ4v) is 4.02. The number of carbonyl (C=O) groups is 1. The third-order valence-corrected chi connectivity index (χ3v) is 8.05. The summed E-state index contributed by atoms with van der Waals surface area (Å²) < 4.78 is 0. The molecule has 0 aromatic rings. The summed E-state index contributed by atoms with van der Waals surface area (Å²) in [7, 11) is 0.892. The first kappa shape index (κ1) is 23.2. The first-order valence-electron chi connectivity index (χ1n) is 6.79. The van der Waals surface area contributed by atoms with Crippen molar-refractivity contribution in [1.82, 2.24) is 0 Å². The van der Waals surface area contributed by atoms with Crippen molar-refractivity contribution in [2.24, 2.45) is 0 Å². The predicted molar refractivity (Wildman–Crippen MR) is 87.7 cm³/mol. The SMILES string of the molecule is CCP(CC)CC.CCP(CC)CC.O=C(O)O. The van der Waals surface area contributed by atoms with Crippen LogP contribution in [0.1, 0.15) is 41.5 Å². The van der Waals surface area contributed by atoms with E-state index in [0.717, 1.165) is 0 Å². The van der Waals surface area contributed by atoms with E-state index in [0.29, 0.717) is 15.8 Å². The molecule has 0 aromatic carbocycles. The molecule has 0 saturated carbocycles. The van der Waals surface area contributed by atoms with Crippen LogP contribution in [0.3, 0.4) is 0 Å². The van der Waals surface area contributed by atoms with E-state index in [1.807, 2.05) is 0 Å². The highest BCUT2D eigenvalue weighted by Gasteiger charge is 1.94. The van der Waals surface area contributed by atoms with E-state index in [1.165, 1.54) is 37.0 Å². The third-order valence-electron chi connectivity index (χ3n) is 2.68. The lowest BCUT2D eigenvalue weighted by atomic mass is 10.9. The first-order chi connectivity index (χ1) is 8.42. The van der Waals surface area contributed by atoms with Gasteiger partial charge >= 0.3 is 6.16 Å². The highest BCUT2D eigenvalue weighted by Crippen LogP contribution is 2.32. The topological polar surface area (TPSA) is 57.5 Å². The van der Waals surface area contributed by atoms with Crippen LogP contribution in [-0.2, 0) is 0 Å². The van der Waals surface area contributed by atoms with E-state index in [9.17, 15) is 0 Å². The largest absolute Gasteiger partial charge is 0.503 e. The van der Waals surface area contributed by atoms with Crippen LogP contribution in [0.4, 0.5) is 4.79 Å². The summed E-state index contributed by atoms with van der Waals surface area (Å²) in [5, 5.41) is 13.9. The van der Waals surface area contributed by atoms with Gasteiger partial charge in [0.2, 0.25) is 0 Å². The second kappa shape index (κ2) is 19.5. The highest BCUT2D eigenvalue weighted by molar-refractivity contribution is 7.57. The van der Waals surface area contributed by atoms with Gasteiger partial charge in [0.05, 0.1) is 0 Å². The molecule has 0 radical (unpaired) electrons. The van der Waals surface area contributed by atoms with Crippen LogP contribution in [0.15, 0.2) is 0 Å². The molecule has 0 heterocycles. The van der Waals surface area contributed by atoms with Gasteiger partial charge in [0.1, 0.15) is 0 Å². The molecule has 0 fully saturated rings.